The van der Waals surface area contributed by atoms with Crippen LogP contribution in [0.15, 0.2) is 0 Å². The summed E-state index contributed by atoms with van der Waals surface area (Å²) in [6.45, 7) is -0.323. The number of aliphatic hydroxyl groups is 1. The standard InChI is InChI=1S/C8H12O4/c9-4-1-2-8(12)7(6-11)3-5-10/h4-5,7,11H,1-3,6H2. The summed E-state index contributed by atoms with van der Waals surface area (Å²) < 4.78 is 0. The van der Waals surface area contributed by atoms with Crippen molar-refractivity contribution in [3.8, 4) is 0 Å². The van der Waals surface area contributed by atoms with E-state index in [9.17, 15) is 14.4 Å². The van der Waals surface area contributed by atoms with Crippen molar-refractivity contribution in [2.45, 2.75) is 19.3 Å². The number of hydrogen-bond acceptors (Lipinski definition) is 4. The Labute approximate surface area is 70.6 Å². The second-order valence-electron chi connectivity index (χ2n) is 2.45. The molecule has 0 aromatic heterocycles. The second kappa shape index (κ2) is 6.67. The lowest BCUT2D eigenvalue weighted by molar-refractivity contribution is -0.127. The van der Waals surface area contributed by atoms with Crippen LogP contribution >= 0.6 is 0 Å². The lowest BCUT2D eigenvalue weighted by atomic mass is 9.99. The van der Waals surface area contributed by atoms with Crippen molar-refractivity contribution >= 4 is 18.4 Å². The molecule has 0 bridgehead atoms. The van der Waals surface area contributed by atoms with E-state index in [2.05, 4.69) is 0 Å². The predicted molar refractivity (Wildman–Crippen MR) is 41.6 cm³/mol. The van der Waals surface area contributed by atoms with Gasteiger partial charge in [-0.2, -0.15) is 0 Å². The molecule has 1 N–H and O–H groups in total. The minimum Gasteiger partial charge on any atom is -0.396 e. The molecule has 4 nitrogen and oxygen atoms in total. The molecule has 0 heterocycles. The Kier molecular flexibility index (Phi) is 6.09. The van der Waals surface area contributed by atoms with Crippen molar-refractivity contribution in [3.63, 3.8) is 0 Å². The van der Waals surface area contributed by atoms with Crippen LogP contribution < -0.4 is 0 Å². The van der Waals surface area contributed by atoms with Crippen LogP contribution in [0.4, 0.5) is 0 Å². The molecule has 0 spiro atoms. The van der Waals surface area contributed by atoms with Crippen molar-refractivity contribution in [1.29, 1.82) is 0 Å². The zero-order chi connectivity index (χ0) is 9.40. The number of aliphatic hydroxyl groups excluding tert-OH is 1. The number of rotatable bonds is 7. The number of carbonyl (C=O) groups is 3. The Hall–Kier alpha value is -1.03. The van der Waals surface area contributed by atoms with E-state index in [0.29, 0.717) is 12.6 Å². The average Bonchev–Trinajstić information content (AvgIpc) is 2.10. The van der Waals surface area contributed by atoms with Crippen LogP contribution in [0.2, 0.25) is 0 Å². The molecule has 0 aliphatic rings. The first kappa shape index (κ1) is 11.0. The Morgan fingerprint density at radius 1 is 1.33 bits per heavy atom. The smallest absolute Gasteiger partial charge is 0.139 e. The van der Waals surface area contributed by atoms with Gasteiger partial charge in [0, 0.05) is 25.2 Å². The number of ketones is 1. The Morgan fingerprint density at radius 3 is 2.42 bits per heavy atom. The van der Waals surface area contributed by atoms with Gasteiger partial charge in [0.2, 0.25) is 0 Å². The third-order valence-corrected chi connectivity index (χ3v) is 1.57. The highest BCUT2D eigenvalue weighted by Crippen LogP contribution is 2.05. The molecule has 12 heavy (non-hydrogen) atoms. The first-order valence-corrected chi connectivity index (χ1v) is 3.77. The van der Waals surface area contributed by atoms with Gasteiger partial charge in [-0.25, -0.2) is 0 Å². The van der Waals surface area contributed by atoms with Gasteiger partial charge < -0.3 is 14.7 Å². The number of carbonyl (C=O) groups excluding carboxylic acids is 3. The number of aldehydes is 2. The summed E-state index contributed by atoms with van der Waals surface area (Å²) >= 11 is 0. The van der Waals surface area contributed by atoms with Crippen LogP contribution in [0.3, 0.4) is 0 Å². The van der Waals surface area contributed by atoms with E-state index in [4.69, 9.17) is 5.11 Å². The molecule has 0 rings (SSSR count). The van der Waals surface area contributed by atoms with Crippen molar-refractivity contribution in [1.82, 2.24) is 0 Å². The minimum atomic E-state index is -0.623. The molecule has 0 aliphatic heterocycles. The molecule has 0 fully saturated rings. The van der Waals surface area contributed by atoms with E-state index in [-0.39, 0.29) is 31.7 Å². The van der Waals surface area contributed by atoms with Gasteiger partial charge in [-0.15, -0.1) is 0 Å². The third-order valence-electron chi connectivity index (χ3n) is 1.57. The topological polar surface area (TPSA) is 71.4 Å². The fraction of sp³-hybridized carbons (Fsp3) is 0.625. The molecule has 0 radical (unpaired) electrons. The number of Topliss-reactive ketones (excluding diaryl/α,β-unsaturated/α-hetero) is 1. The molecule has 4 heteroatoms. The fourth-order valence-electron chi connectivity index (χ4n) is 0.829. The van der Waals surface area contributed by atoms with Gasteiger partial charge >= 0.3 is 0 Å². The molecule has 1 unspecified atom stereocenters. The Balaban J connectivity index is 3.84. The van der Waals surface area contributed by atoms with Crippen LogP contribution in [0.25, 0.3) is 0 Å². The van der Waals surface area contributed by atoms with E-state index in [0.717, 1.165) is 0 Å². The maximum Gasteiger partial charge on any atom is 0.139 e. The van der Waals surface area contributed by atoms with E-state index in [1.54, 1.807) is 0 Å². The average molecular weight is 172 g/mol. The SMILES string of the molecule is O=CCCC(=O)C(CO)CC=O. The van der Waals surface area contributed by atoms with Crippen LogP contribution in [-0.4, -0.2) is 30.1 Å². The molecule has 0 aromatic carbocycles. The Bertz CT molecular complexity index is 164. The quantitative estimate of drug-likeness (QED) is 0.537. The summed E-state index contributed by atoms with van der Waals surface area (Å²) in [4.78, 5) is 31.0. The van der Waals surface area contributed by atoms with Gasteiger partial charge in [0.25, 0.3) is 0 Å². The lowest BCUT2D eigenvalue weighted by Crippen LogP contribution is -2.18. The van der Waals surface area contributed by atoms with E-state index >= 15 is 0 Å². The van der Waals surface area contributed by atoms with Gasteiger partial charge in [0.1, 0.15) is 18.4 Å². The largest absolute Gasteiger partial charge is 0.396 e. The van der Waals surface area contributed by atoms with Gasteiger partial charge in [-0.1, -0.05) is 0 Å². The van der Waals surface area contributed by atoms with Gasteiger partial charge in [-0.3, -0.25) is 4.79 Å². The number of hydrogen-bond donors (Lipinski definition) is 1. The highest BCUT2D eigenvalue weighted by Gasteiger charge is 2.15. The molecule has 68 valence electrons. The molecule has 0 saturated carbocycles. The van der Waals surface area contributed by atoms with Crippen molar-refractivity contribution in [3.05, 3.63) is 0 Å². The molecular weight excluding hydrogens is 160 g/mol. The molecule has 0 aromatic rings. The van der Waals surface area contributed by atoms with Crippen LogP contribution in [0.5, 0.6) is 0 Å². The highest BCUT2D eigenvalue weighted by atomic mass is 16.3. The second-order valence-corrected chi connectivity index (χ2v) is 2.45. The van der Waals surface area contributed by atoms with Crippen LogP contribution in [0.1, 0.15) is 19.3 Å². The summed E-state index contributed by atoms with van der Waals surface area (Å²) in [5.74, 6) is -0.848. The monoisotopic (exact) mass is 172 g/mol. The molecular formula is C8H12O4. The first-order valence-electron chi connectivity index (χ1n) is 3.77. The predicted octanol–water partition coefficient (Wildman–Crippen LogP) is -0.268. The zero-order valence-corrected chi connectivity index (χ0v) is 6.73. The molecule has 0 saturated heterocycles. The first-order chi connectivity index (χ1) is 5.76. The van der Waals surface area contributed by atoms with Gasteiger partial charge in [-0.05, 0) is 0 Å². The van der Waals surface area contributed by atoms with Crippen LogP contribution in [-0.2, 0) is 14.4 Å². The van der Waals surface area contributed by atoms with Gasteiger partial charge in [0.15, 0.2) is 0 Å². The Morgan fingerprint density at radius 2 is 2.00 bits per heavy atom. The third kappa shape index (κ3) is 3.98. The highest BCUT2D eigenvalue weighted by molar-refractivity contribution is 5.84. The molecule has 0 amide bonds. The summed E-state index contributed by atoms with van der Waals surface area (Å²) in [6, 6.07) is 0. The summed E-state index contributed by atoms with van der Waals surface area (Å²) in [6.07, 6.45) is 1.55. The summed E-state index contributed by atoms with van der Waals surface area (Å²) in [7, 11) is 0. The maximum absolute atomic E-state index is 11.0. The minimum absolute atomic E-state index is 0.0359. The van der Waals surface area contributed by atoms with Crippen LogP contribution in [0, 0.1) is 5.92 Å². The summed E-state index contributed by atoms with van der Waals surface area (Å²) in [5, 5.41) is 8.66. The van der Waals surface area contributed by atoms with E-state index < -0.39 is 5.92 Å². The van der Waals surface area contributed by atoms with Crippen molar-refractivity contribution in [2.24, 2.45) is 5.92 Å². The van der Waals surface area contributed by atoms with E-state index in [1.165, 1.54) is 0 Å². The van der Waals surface area contributed by atoms with Crippen molar-refractivity contribution in [2.75, 3.05) is 6.61 Å². The van der Waals surface area contributed by atoms with Gasteiger partial charge in [0.05, 0.1) is 6.61 Å². The molecule has 1 atom stereocenters. The maximum atomic E-state index is 11.0. The van der Waals surface area contributed by atoms with Crippen molar-refractivity contribution < 1.29 is 19.5 Å². The van der Waals surface area contributed by atoms with E-state index in [1.807, 2.05) is 0 Å². The normalized spacial score (nSPS) is 12.1. The molecule has 0 aliphatic carbocycles. The lowest BCUT2D eigenvalue weighted by Gasteiger charge is -2.07. The fourth-order valence-corrected chi connectivity index (χ4v) is 0.829. The zero-order valence-electron chi connectivity index (χ0n) is 6.73. The summed E-state index contributed by atoms with van der Waals surface area (Å²) in [5.41, 5.74) is 0.